The largest absolute Gasteiger partial charge is 0.307 e. The first-order valence-electron chi connectivity index (χ1n) is 3.52. The molecule has 0 fully saturated rings. The van der Waals surface area contributed by atoms with Gasteiger partial charge in [-0.15, -0.1) is 0 Å². The van der Waals surface area contributed by atoms with Crippen LogP contribution in [0.1, 0.15) is 13.3 Å². The fourth-order valence-electron chi connectivity index (χ4n) is 0.814. The predicted octanol–water partition coefficient (Wildman–Crippen LogP) is 0.757. The number of aliphatic imine (C=N–C) groups is 1. The van der Waals surface area contributed by atoms with Gasteiger partial charge in [-0.25, -0.2) is 4.99 Å². The number of rotatable bonds is 2. The summed E-state index contributed by atoms with van der Waals surface area (Å²) in [5.74, 6) is 0. The zero-order chi connectivity index (χ0) is 7.40. The van der Waals surface area contributed by atoms with Crippen LogP contribution in [-0.2, 0) is 0 Å². The van der Waals surface area contributed by atoms with Gasteiger partial charge >= 0.3 is 0 Å². The molecule has 0 saturated carbocycles. The molecule has 10 heavy (non-hydrogen) atoms. The van der Waals surface area contributed by atoms with E-state index in [2.05, 4.69) is 29.5 Å². The molecule has 1 unspecified atom stereocenters. The van der Waals surface area contributed by atoms with Gasteiger partial charge < -0.3 is 5.43 Å². The maximum Gasteiger partial charge on any atom is 0.139 e. The van der Waals surface area contributed by atoms with Crippen molar-refractivity contribution in [1.29, 1.82) is 0 Å². The lowest BCUT2D eigenvalue weighted by Gasteiger charge is -2.12. The molecule has 1 rings (SSSR count). The fourth-order valence-corrected chi connectivity index (χ4v) is 0.814. The minimum Gasteiger partial charge on any atom is -0.307 e. The van der Waals surface area contributed by atoms with E-state index in [1.165, 1.54) is 0 Å². The maximum absolute atomic E-state index is 4.16. The van der Waals surface area contributed by atoms with Gasteiger partial charge in [0.25, 0.3) is 0 Å². The monoisotopic (exact) mass is 139 g/mol. The van der Waals surface area contributed by atoms with Gasteiger partial charge in [-0.3, -0.25) is 0 Å². The molecule has 1 heterocycles. The Labute approximate surface area is 61.4 Å². The van der Waals surface area contributed by atoms with Crippen molar-refractivity contribution in [2.24, 2.45) is 4.99 Å². The van der Waals surface area contributed by atoms with Gasteiger partial charge in [0.05, 0.1) is 6.34 Å². The zero-order valence-electron chi connectivity index (χ0n) is 6.41. The molecular weight excluding hydrogens is 126 g/mol. The highest BCUT2D eigenvalue weighted by molar-refractivity contribution is 5.56. The van der Waals surface area contributed by atoms with Crippen LogP contribution in [0.5, 0.6) is 0 Å². The molecule has 0 amide bonds. The second-order valence-corrected chi connectivity index (χ2v) is 2.27. The van der Waals surface area contributed by atoms with Crippen LogP contribution in [0.15, 0.2) is 17.1 Å². The molecule has 0 bridgehead atoms. The first-order chi connectivity index (χ1) is 4.84. The lowest BCUT2D eigenvalue weighted by atomic mass is 10.3. The third-order valence-corrected chi connectivity index (χ3v) is 1.43. The molecule has 0 spiro atoms. The molecule has 1 aliphatic heterocycles. The molecule has 0 saturated heterocycles. The van der Waals surface area contributed by atoms with Crippen LogP contribution in [0, 0.1) is 0 Å². The van der Waals surface area contributed by atoms with Gasteiger partial charge in [0.2, 0.25) is 0 Å². The highest BCUT2D eigenvalue weighted by Crippen LogP contribution is 2.00. The van der Waals surface area contributed by atoms with Gasteiger partial charge in [0, 0.05) is 7.05 Å². The Morgan fingerprint density at radius 2 is 2.60 bits per heavy atom. The Hall–Kier alpha value is -0.830. The Morgan fingerprint density at radius 3 is 3.10 bits per heavy atom. The first kappa shape index (κ1) is 7.28. The van der Waals surface area contributed by atoms with Crippen LogP contribution in [0.3, 0.4) is 0 Å². The van der Waals surface area contributed by atoms with Crippen molar-refractivity contribution in [3.63, 3.8) is 0 Å². The topological polar surface area (TPSA) is 27.6 Å². The average molecular weight is 139 g/mol. The Balaban J connectivity index is 2.40. The second-order valence-electron chi connectivity index (χ2n) is 2.27. The summed E-state index contributed by atoms with van der Waals surface area (Å²) in [6.45, 7) is 2.11. The summed E-state index contributed by atoms with van der Waals surface area (Å²) >= 11 is 0. The van der Waals surface area contributed by atoms with Crippen LogP contribution < -0.4 is 5.43 Å². The molecule has 0 radical (unpaired) electrons. The number of hydrazine groups is 1. The molecule has 3 nitrogen and oxygen atoms in total. The van der Waals surface area contributed by atoms with E-state index < -0.39 is 0 Å². The van der Waals surface area contributed by atoms with Gasteiger partial charge in [-0.1, -0.05) is 13.0 Å². The van der Waals surface area contributed by atoms with Crippen molar-refractivity contribution in [3.8, 4) is 0 Å². The molecular formula is C7H13N3. The summed E-state index contributed by atoms with van der Waals surface area (Å²) in [4.78, 5) is 4.16. The van der Waals surface area contributed by atoms with Gasteiger partial charge in [0.15, 0.2) is 0 Å². The molecule has 0 aromatic carbocycles. The summed E-state index contributed by atoms with van der Waals surface area (Å²) in [6, 6.07) is 0. The van der Waals surface area contributed by atoms with E-state index in [1.807, 2.05) is 12.1 Å². The number of allylic oxidation sites excluding steroid dienone is 1. The molecule has 0 aromatic rings. The van der Waals surface area contributed by atoms with E-state index in [0.29, 0.717) is 0 Å². The van der Waals surface area contributed by atoms with E-state index in [1.54, 1.807) is 6.34 Å². The number of nitrogens with zero attached hydrogens (tertiary/aromatic N) is 2. The van der Waals surface area contributed by atoms with E-state index in [0.717, 1.165) is 6.42 Å². The number of hydrogen-bond donors (Lipinski definition) is 1. The highest BCUT2D eigenvalue weighted by atomic mass is 15.6. The molecule has 0 aromatic heterocycles. The summed E-state index contributed by atoms with van der Waals surface area (Å²) in [5.41, 5.74) is 2.97. The molecule has 3 heteroatoms. The van der Waals surface area contributed by atoms with E-state index in [4.69, 9.17) is 0 Å². The Kier molecular flexibility index (Phi) is 2.45. The molecule has 56 valence electrons. The third kappa shape index (κ3) is 1.57. The highest BCUT2D eigenvalue weighted by Gasteiger charge is 2.11. The fraction of sp³-hybridized carbons (Fsp3) is 0.571. The minimum absolute atomic E-state index is 0.194. The summed E-state index contributed by atoms with van der Waals surface area (Å²) in [7, 11) is 1.97. The van der Waals surface area contributed by atoms with Crippen molar-refractivity contribution in [3.05, 3.63) is 12.2 Å². The van der Waals surface area contributed by atoms with E-state index in [9.17, 15) is 0 Å². The van der Waals surface area contributed by atoms with Crippen molar-refractivity contribution in [2.45, 2.75) is 19.5 Å². The molecule has 0 aliphatic carbocycles. The van der Waals surface area contributed by atoms with Crippen LogP contribution in [0.25, 0.3) is 0 Å². The van der Waals surface area contributed by atoms with Gasteiger partial charge in [-0.05, 0) is 12.5 Å². The standard InChI is InChI=1S/C7H13N3/c1-3-4-5-7-8-6-9-10(7)2/h4-7H,3H2,1-2H3,(H,8,9)/b5-4-. The quantitative estimate of drug-likeness (QED) is 0.572. The molecule has 1 N–H and O–H groups in total. The second kappa shape index (κ2) is 3.37. The normalized spacial score (nSPS) is 26.0. The summed E-state index contributed by atoms with van der Waals surface area (Å²) in [5, 5.41) is 1.95. The lowest BCUT2D eigenvalue weighted by Crippen LogP contribution is -2.33. The number of hydrogen-bond acceptors (Lipinski definition) is 3. The minimum atomic E-state index is 0.194. The van der Waals surface area contributed by atoms with Crippen LogP contribution in [0.2, 0.25) is 0 Å². The maximum atomic E-state index is 4.16. The van der Waals surface area contributed by atoms with Crippen LogP contribution in [-0.4, -0.2) is 24.6 Å². The first-order valence-corrected chi connectivity index (χ1v) is 3.52. The van der Waals surface area contributed by atoms with Crippen molar-refractivity contribution >= 4 is 6.34 Å². The molecule has 1 atom stereocenters. The van der Waals surface area contributed by atoms with Crippen molar-refractivity contribution in [2.75, 3.05) is 7.05 Å². The van der Waals surface area contributed by atoms with E-state index >= 15 is 0 Å². The van der Waals surface area contributed by atoms with Crippen molar-refractivity contribution in [1.82, 2.24) is 10.4 Å². The van der Waals surface area contributed by atoms with Crippen LogP contribution >= 0.6 is 0 Å². The van der Waals surface area contributed by atoms with Crippen molar-refractivity contribution < 1.29 is 0 Å². The summed E-state index contributed by atoms with van der Waals surface area (Å²) < 4.78 is 0. The Bertz CT molecular complexity index is 151. The lowest BCUT2D eigenvalue weighted by molar-refractivity contribution is 0.278. The van der Waals surface area contributed by atoms with E-state index in [-0.39, 0.29) is 6.17 Å². The zero-order valence-corrected chi connectivity index (χ0v) is 6.41. The Morgan fingerprint density at radius 1 is 1.80 bits per heavy atom. The molecule has 1 aliphatic rings. The summed E-state index contributed by atoms with van der Waals surface area (Å²) in [6.07, 6.45) is 7.17. The number of likely N-dealkylation sites (N-methyl/N-ethyl adjacent to an activating group) is 1. The SMILES string of the molecule is CC/C=C\C1N=CNN1C. The number of nitrogens with one attached hydrogen (secondary N) is 1. The van der Waals surface area contributed by atoms with Gasteiger partial charge in [0.1, 0.15) is 6.17 Å². The smallest absolute Gasteiger partial charge is 0.139 e. The third-order valence-electron chi connectivity index (χ3n) is 1.43. The average Bonchev–Trinajstić information content (AvgIpc) is 2.31. The van der Waals surface area contributed by atoms with Crippen LogP contribution in [0.4, 0.5) is 0 Å². The predicted molar refractivity (Wildman–Crippen MR) is 42.6 cm³/mol. The van der Waals surface area contributed by atoms with Gasteiger partial charge in [-0.2, -0.15) is 5.01 Å².